The molecule has 1 aliphatic rings. The van der Waals surface area contributed by atoms with Crippen molar-refractivity contribution in [3.63, 3.8) is 0 Å². The molecule has 1 fully saturated rings. The van der Waals surface area contributed by atoms with Crippen molar-refractivity contribution in [3.8, 4) is 17.3 Å². The summed E-state index contributed by atoms with van der Waals surface area (Å²) in [5, 5.41) is 7.46. The Morgan fingerprint density at radius 2 is 2.33 bits per heavy atom. The third kappa shape index (κ3) is 3.92. The molecule has 3 heterocycles. The maximum Gasteiger partial charge on any atom is 0.227 e. The van der Waals surface area contributed by atoms with Crippen molar-refractivity contribution in [1.29, 1.82) is 0 Å². The van der Waals surface area contributed by atoms with Crippen molar-refractivity contribution < 1.29 is 9.26 Å². The van der Waals surface area contributed by atoms with E-state index in [0.29, 0.717) is 23.6 Å². The van der Waals surface area contributed by atoms with E-state index in [-0.39, 0.29) is 12.4 Å². The van der Waals surface area contributed by atoms with Crippen molar-refractivity contribution in [1.82, 2.24) is 20.4 Å². The van der Waals surface area contributed by atoms with E-state index in [1.807, 2.05) is 6.07 Å². The van der Waals surface area contributed by atoms with Crippen LogP contribution in [0.2, 0.25) is 0 Å². The van der Waals surface area contributed by atoms with Gasteiger partial charge < -0.3 is 14.6 Å². The molecule has 2 aromatic rings. The van der Waals surface area contributed by atoms with Crippen LogP contribution in [0.4, 0.5) is 0 Å². The van der Waals surface area contributed by atoms with Gasteiger partial charge in [-0.3, -0.25) is 0 Å². The summed E-state index contributed by atoms with van der Waals surface area (Å²) in [6.45, 7) is 1.12. The van der Waals surface area contributed by atoms with Gasteiger partial charge in [0.25, 0.3) is 0 Å². The van der Waals surface area contributed by atoms with Crippen molar-refractivity contribution >= 4 is 12.4 Å². The number of hydrogen-bond donors (Lipinski definition) is 1. The van der Waals surface area contributed by atoms with Crippen LogP contribution in [0.25, 0.3) is 11.4 Å². The molecule has 1 N–H and O–H groups in total. The summed E-state index contributed by atoms with van der Waals surface area (Å²) in [6.07, 6.45) is 6.05. The smallest absolute Gasteiger partial charge is 0.227 e. The fourth-order valence-electron chi connectivity index (χ4n) is 2.41. The lowest BCUT2D eigenvalue weighted by atomic mass is 10.1. The van der Waals surface area contributed by atoms with Crippen LogP contribution in [0, 0.1) is 0 Å². The number of halogens is 1. The Balaban J connectivity index is 0.00000161. The molecule has 1 atom stereocenters. The number of hydrogen-bond acceptors (Lipinski definition) is 6. The van der Waals surface area contributed by atoms with E-state index in [0.717, 1.165) is 24.9 Å². The third-order valence-electron chi connectivity index (χ3n) is 3.54. The standard InChI is InChI=1S/C14H18N4O2.ClH/c1-19-12-6-4-10(9-16-12)14-17-13(20-18-14)7-5-11-3-2-8-15-11;/h4,6,9,11,15H,2-3,5,7-8H2,1H3;1H. The monoisotopic (exact) mass is 310 g/mol. The molecule has 1 aliphatic heterocycles. The molecule has 6 nitrogen and oxygen atoms in total. The molecule has 7 heteroatoms. The van der Waals surface area contributed by atoms with Gasteiger partial charge in [-0.05, 0) is 31.9 Å². The van der Waals surface area contributed by atoms with Crippen molar-refractivity contribution in [2.24, 2.45) is 0 Å². The van der Waals surface area contributed by atoms with Gasteiger partial charge in [-0.15, -0.1) is 12.4 Å². The summed E-state index contributed by atoms with van der Waals surface area (Å²) in [5.74, 6) is 1.84. The predicted octanol–water partition coefficient (Wildman–Crippen LogP) is 2.25. The molecule has 1 unspecified atom stereocenters. The number of nitrogens with zero attached hydrogens (tertiary/aromatic N) is 3. The van der Waals surface area contributed by atoms with Gasteiger partial charge in [0.2, 0.25) is 17.6 Å². The minimum Gasteiger partial charge on any atom is -0.481 e. The van der Waals surface area contributed by atoms with Gasteiger partial charge in [-0.2, -0.15) is 4.98 Å². The summed E-state index contributed by atoms with van der Waals surface area (Å²) in [4.78, 5) is 8.55. The van der Waals surface area contributed by atoms with Crippen molar-refractivity contribution in [2.45, 2.75) is 31.7 Å². The van der Waals surface area contributed by atoms with Gasteiger partial charge in [0.15, 0.2) is 0 Å². The zero-order valence-electron chi connectivity index (χ0n) is 11.9. The first kappa shape index (κ1) is 15.7. The van der Waals surface area contributed by atoms with Crippen LogP contribution in [0.1, 0.15) is 25.2 Å². The number of aromatic nitrogens is 3. The Bertz CT molecular complexity index is 552. The first-order valence-corrected chi connectivity index (χ1v) is 6.91. The topological polar surface area (TPSA) is 73.1 Å². The molecular formula is C14H19ClN4O2. The van der Waals surface area contributed by atoms with E-state index in [2.05, 4.69) is 20.4 Å². The Labute approximate surface area is 129 Å². The van der Waals surface area contributed by atoms with Crippen LogP contribution in [-0.2, 0) is 6.42 Å². The van der Waals surface area contributed by atoms with E-state index in [1.165, 1.54) is 12.8 Å². The van der Waals surface area contributed by atoms with E-state index < -0.39 is 0 Å². The Morgan fingerprint density at radius 1 is 1.43 bits per heavy atom. The summed E-state index contributed by atoms with van der Waals surface area (Å²) < 4.78 is 10.3. The molecule has 0 aliphatic carbocycles. The quantitative estimate of drug-likeness (QED) is 0.913. The highest BCUT2D eigenvalue weighted by Gasteiger charge is 2.16. The Morgan fingerprint density at radius 3 is 3.00 bits per heavy atom. The highest BCUT2D eigenvalue weighted by atomic mass is 35.5. The van der Waals surface area contributed by atoms with Crippen LogP contribution < -0.4 is 10.1 Å². The van der Waals surface area contributed by atoms with Crippen LogP contribution in [0.15, 0.2) is 22.9 Å². The lowest BCUT2D eigenvalue weighted by Crippen LogP contribution is -2.21. The molecule has 3 rings (SSSR count). The summed E-state index contributed by atoms with van der Waals surface area (Å²) in [6, 6.07) is 4.25. The number of methoxy groups -OCH3 is 1. The van der Waals surface area contributed by atoms with Gasteiger partial charge in [-0.25, -0.2) is 4.98 Å². The lowest BCUT2D eigenvalue weighted by Gasteiger charge is -2.06. The van der Waals surface area contributed by atoms with E-state index in [9.17, 15) is 0 Å². The number of ether oxygens (including phenoxy) is 1. The minimum atomic E-state index is 0. The highest BCUT2D eigenvalue weighted by Crippen LogP contribution is 2.18. The fraction of sp³-hybridized carbons (Fsp3) is 0.500. The number of rotatable bonds is 5. The molecule has 0 spiro atoms. The largest absolute Gasteiger partial charge is 0.481 e. The second-order valence-corrected chi connectivity index (χ2v) is 4.93. The van der Waals surface area contributed by atoms with Gasteiger partial charge >= 0.3 is 0 Å². The van der Waals surface area contributed by atoms with Gasteiger partial charge in [0.1, 0.15) is 0 Å². The number of pyridine rings is 1. The predicted molar refractivity (Wildman–Crippen MR) is 80.7 cm³/mol. The van der Waals surface area contributed by atoms with Crippen LogP contribution in [-0.4, -0.2) is 34.8 Å². The normalized spacial score (nSPS) is 17.5. The number of aryl methyl sites for hydroxylation is 1. The minimum absolute atomic E-state index is 0. The van der Waals surface area contributed by atoms with Gasteiger partial charge in [0, 0.05) is 30.3 Å². The molecular weight excluding hydrogens is 292 g/mol. The lowest BCUT2D eigenvalue weighted by molar-refractivity contribution is 0.368. The Hall–Kier alpha value is -1.66. The molecule has 114 valence electrons. The van der Waals surface area contributed by atoms with Crippen LogP contribution in [0.3, 0.4) is 0 Å². The zero-order valence-corrected chi connectivity index (χ0v) is 12.7. The van der Waals surface area contributed by atoms with Crippen molar-refractivity contribution in [3.05, 3.63) is 24.2 Å². The van der Waals surface area contributed by atoms with Crippen LogP contribution in [0.5, 0.6) is 5.88 Å². The molecule has 0 aromatic carbocycles. The zero-order chi connectivity index (χ0) is 13.8. The molecule has 0 saturated carbocycles. The summed E-state index contributed by atoms with van der Waals surface area (Å²) in [5.41, 5.74) is 0.833. The van der Waals surface area contributed by atoms with E-state index >= 15 is 0 Å². The molecule has 21 heavy (non-hydrogen) atoms. The van der Waals surface area contributed by atoms with E-state index in [4.69, 9.17) is 9.26 Å². The summed E-state index contributed by atoms with van der Waals surface area (Å²) >= 11 is 0. The highest BCUT2D eigenvalue weighted by molar-refractivity contribution is 5.85. The third-order valence-corrected chi connectivity index (χ3v) is 3.54. The molecule has 0 amide bonds. The fourth-order valence-corrected chi connectivity index (χ4v) is 2.41. The first-order chi connectivity index (χ1) is 9.85. The average molecular weight is 311 g/mol. The Kier molecular flexibility index (Phi) is 5.52. The average Bonchev–Trinajstić information content (AvgIpc) is 3.17. The summed E-state index contributed by atoms with van der Waals surface area (Å²) in [7, 11) is 1.59. The number of nitrogens with one attached hydrogen (secondary N) is 1. The first-order valence-electron chi connectivity index (χ1n) is 6.91. The SMILES string of the molecule is COc1ccc(-c2noc(CCC3CCCN3)n2)cn1.Cl. The molecule has 1 saturated heterocycles. The second-order valence-electron chi connectivity index (χ2n) is 4.93. The van der Waals surface area contributed by atoms with Crippen LogP contribution >= 0.6 is 12.4 Å². The maximum absolute atomic E-state index is 5.29. The molecule has 0 radical (unpaired) electrons. The second kappa shape index (κ2) is 7.38. The van der Waals surface area contributed by atoms with Gasteiger partial charge in [0.05, 0.1) is 7.11 Å². The molecule has 2 aromatic heterocycles. The van der Waals surface area contributed by atoms with Gasteiger partial charge in [-0.1, -0.05) is 5.16 Å². The van der Waals surface area contributed by atoms with E-state index in [1.54, 1.807) is 19.4 Å². The molecule has 0 bridgehead atoms. The maximum atomic E-state index is 5.29. The van der Waals surface area contributed by atoms with Crippen molar-refractivity contribution in [2.75, 3.05) is 13.7 Å².